The molecule has 2 rings (SSSR count). The van der Waals surface area contributed by atoms with Gasteiger partial charge in [-0.2, -0.15) is 0 Å². The van der Waals surface area contributed by atoms with Gasteiger partial charge < -0.3 is 9.84 Å². The Morgan fingerprint density at radius 2 is 2.29 bits per heavy atom. The molecule has 5 heteroatoms. The zero-order valence-electron chi connectivity index (χ0n) is 9.31. The van der Waals surface area contributed by atoms with Gasteiger partial charge in [0, 0.05) is 20.7 Å². The van der Waals surface area contributed by atoms with Gasteiger partial charge in [0.25, 0.3) is 0 Å². The van der Waals surface area contributed by atoms with E-state index in [9.17, 15) is 9.90 Å². The number of halogens is 1. The van der Waals surface area contributed by atoms with E-state index in [-0.39, 0.29) is 6.61 Å². The molecule has 0 spiro atoms. The third kappa shape index (κ3) is 2.16. The average molecular weight is 345 g/mol. The van der Waals surface area contributed by atoms with Gasteiger partial charge in [-0.25, -0.2) is 4.79 Å². The molecule has 0 fully saturated rings. The summed E-state index contributed by atoms with van der Waals surface area (Å²) in [4.78, 5) is 11.8. The molecule has 0 aliphatic carbocycles. The van der Waals surface area contributed by atoms with Crippen LogP contribution >= 0.6 is 22.6 Å². The minimum atomic E-state index is -0.417. The van der Waals surface area contributed by atoms with Crippen molar-refractivity contribution in [2.24, 2.45) is 0 Å². The number of aromatic nitrogens is 1. The second kappa shape index (κ2) is 5.05. The van der Waals surface area contributed by atoms with Crippen LogP contribution in [0, 0.1) is 3.57 Å². The molecule has 1 aromatic heterocycles. The van der Waals surface area contributed by atoms with E-state index >= 15 is 0 Å². The average Bonchev–Trinajstić information content (AvgIpc) is 2.69. The summed E-state index contributed by atoms with van der Waals surface area (Å²) in [6, 6.07) is 5.66. The zero-order chi connectivity index (χ0) is 12.4. The van der Waals surface area contributed by atoms with Crippen LogP contribution in [0.1, 0.15) is 12.5 Å². The monoisotopic (exact) mass is 345 g/mol. The van der Waals surface area contributed by atoms with E-state index in [1.807, 2.05) is 18.2 Å². The van der Waals surface area contributed by atoms with Crippen molar-refractivity contribution in [2.75, 3.05) is 6.61 Å². The summed E-state index contributed by atoms with van der Waals surface area (Å²) in [7, 11) is 0. The standard InChI is InChI=1S/C12H12INO3/c1-2-17-12(16)14-6-8(7-15)11-9(13)4-3-5-10(11)14/h3-6,15H,2,7H2,1H3. The largest absolute Gasteiger partial charge is 0.449 e. The van der Waals surface area contributed by atoms with Crippen molar-refractivity contribution >= 4 is 39.6 Å². The normalized spacial score (nSPS) is 10.8. The first-order chi connectivity index (χ1) is 8.19. The van der Waals surface area contributed by atoms with E-state index in [0.717, 1.165) is 20.0 Å². The van der Waals surface area contributed by atoms with Gasteiger partial charge in [-0.3, -0.25) is 4.57 Å². The molecule has 17 heavy (non-hydrogen) atoms. The predicted molar refractivity (Wildman–Crippen MR) is 73.0 cm³/mol. The van der Waals surface area contributed by atoms with Crippen LogP contribution in [0.3, 0.4) is 0 Å². The van der Waals surface area contributed by atoms with Crippen LogP contribution in [0.2, 0.25) is 0 Å². The van der Waals surface area contributed by atoms with Crippen LogP contribution < -0.4 is 0 Å². The smallest absolute Gasteiger partial charge is 0.418 e. The first-order valence-electron chi connectivity index (χ1n) is 5.25. The summed E-state index contributed by atoms with van der Waals surface area (Å²) in [6.07, 6.45) is 1.21. The fourth-order valence-electron chi connectivity index (χ4n) is 1.79. The van der Waals surface area contributed by atoms with Crippen molar-refractivity contribution in [1.82, 2.24) is 4.57 Å². The first-order valence-corrected chi connectivity index (χ1v) is 6.33. The molecule has 0 saturated carbocycles. The van der Waals surface area contributed by atoms with Crippen molar-refractivity contribution in [3.05, 3.63) is 33.5 Å². The van der Waals surface area contributed by atoms with Gasteiger partial charge in [-0.1, -0.05) is 6.07 Å². The second-order valence-corrected chi connectivity index (χ2v) is 4.68. The molecule has 0 bridgehead atoms. The summed E-state index contributed by atoms with van der Waals surface area (Å²) in [5.74, 6) is 0. The number of ether oxygens (including phenoxy) is 1. The number of aliphatic hydroxyl groups is 1. The van der Waals surface area contributed by atoms with Crippen LogP contribution in [0.4, 0.5) is 4.79 Å². The molecule has 0 aliphatic rings. The highest BCUT2D eigenvalue weighted by Crippen LogP contribution is 2.26. The lowest BCUT2D eigenvalue weighted by molar-refractivity contribution is 0.155. The van der Waals surface area contributed by atoms with E-state index in [1.165, 1.54) is 4.57 Å². The fraction of sp³-hybridized carbons (Fsp3) is 0.250. The minimum Gasteiger partial charge on any atom is -0.449 e. The Kier molecular flexibility index (Phi) is 3.68. The molecular formula is C12H12INO3. The molecule has 0 aliphatic heterocycles. The highest BCUT2D eigenvalue weighted by Gasteiger charge is 2.15. The molecular weight excluding hydrogens is 333 g/mol. The molecule has 0 unspecified atom stereocenters. The van der Waals surface area contributed by atoms with Gasteiger partial charge >= 0.3 is 6.09 Å². The van der Waals surface area contributed by atoms with Crippen molar-refractivity contribution in [3.63, 3.8) is 0 Å². The summed E-state index contributed by atoms with van der Waals surface area (Å²) >= 11 is 2.19. The number of carbonyl (C=O) groups is 1. The van der Waals surface area contributed by atoms with E-state index in [2.05, 4.69) is 22.6 Å². The molecule has 2 aromatic rings. The number of hydrogen-bond acceptors (Lipinski definition) is 3. The molecule has 0 amide bonds. The SMILES string of the molecule is CCOC(=O)n1cc(CO)c2c(I)cccc21. The molecule has 1 aromatic carbocycles. The molecule has 0 atom stereocenters. The van der Waals surface area contributed by atoms with Crippen molar-refractivity contribution in [3.8, 4) is 0 Å². The van der Waals surface area contributed by atoms with E-state index < -0.39 is 6.09 Å². The van der Waals surface area contributed by atoms with Crippen LogP contribution in [-0.4, -0.2) is 22.4 Å². The number of nitrogens with zero attached hydrogens (tertiary/aromatic N) is 1. The number of hydrogen-bond donors (Lipinski definition) is 1. The Bertz CT molecular complexity index is 562. The summed E-state index contributed by atoms with van der Waals surface area (Å²) in [6.45, 7) is 2.00. The Morgan fingerprint density at radius 1 is 1.53 bits per heavy atom. The molecule has 1 heterocycles. The fourth-order valence-corrected chi connectivity index (χ4v) is 2.62. The van der Waals surface area contributed by atoms with Gasteiger partial charge in [0.15, 0.2) is 0 Å². The number of carbonyl (C=O) groups excluding carboxylic acids is 1. The summed E-state index contributed by atoms with van der Waals surface area (Å²) in [5, 5.41) is 10.2. The molecule has 4 nitrogen and oxygen atoms in total. The third-order valence-electron chi connectivity index (χ3n) is 2.49. The van der Waals surface area contributed by atoms with Gasteiger partial charge in [0.1, 0.15) is 0 Å². The van der Waals surface area contributed by atoms with E-state index in [0.29, 0.717) is 6.61 Å². The van der Waals surface area contributed by atoms with Gasteiger partial charge in [0.2, 0.25) is 0 Å². The van der Waals surface area contributed by atoms with Crippen molar-refractivity contribution in [1.29, 1.82) is 0 Å². The topological polar surface area (TPSA) is 51.5 Å². The highest BCUT2D eigenvalue weighted by atomic mass is 127. The van der Waals surface area contributed by atoms with Crippen LogP contribution in [-0.2, 0) is 11.3 Å². The van der Waals surface area contributed by atoms with Gasteiger partial charge in [-0.05, 0) is 41.6 Å². The maximum atomic E-state index is 11.8. The van der Waals surface area contributed by atoms with Gasteiger partial charge in [-0.15, -0.1) is 0 Å². The van der Waals surface area contributed by atoms with Crippen molar-refractivity contribution in [2.45, 2.75) is 13.5 Å². The minimum absolute atomic E-state index is 0.0943. The predicted octanol–water partition coefficient (Wildman–Crippen LogP) is 2.74. The Morgan fingerprint density at radius 3 is 2.94 bits per heavy atom. The van der Waals surface area contributed by atoms with E-state index in [4.69, 9.17) is 4.74 Å². The van der Waals surface area contributed by atoms with Crippen LogP contribution in [0.25, 0.3) is 10.9 Å². The molecule has 0 saturated heterocycles. The number of benzene rings is 1. The molecule has 0 radical (unpaired) electrons. The first kappa shape index (κ1) is 12.4. The summed E-state index contributed by atoms with van der Waals surface area (Å²) in [5.41, 5.74) is 1.50. The quantitative estimate of drug-likeness (QED) is 0.852. The zero-order valence-corrected chi connectivity index (χ0v) is 11.5. The summed E-state index contributed by atoms with van der Waals surface area (Å²) < 4.78 is 7.42. The third-order valence-corrected chi connectivity index (χ3v) is 3.39. The highest BCUT2D eigenvalue weighted by molar-refractivity contribution is 14.1. The lowest BCUT2D eigenvalue weighted by atomic mass is 10.2. The lowest BCUT2D eigenvalue weighted by Crippen LogP contribution is -2.12. The number of rotatable bonds is 2. The Hall–Kier alpha value is -1.08. The number of fused-ring (bicyclic) bond motifs is 1. The molecule has 1 N–H and O–H groups in total. The maximum Gasteiger partial charge on any atom is 0.418 e. The van der Waals surface area contributed by atoms with Crippen molar-refractivity contribution < 1.29 is 14.6 Å². The van der Waals surface area contributed by atoms with E-state index in [1.54, 1.807) is 13.1 Å². The Balaban J connectivity index is 2.65. The maximum absolute atomic E-state index is 11.8. The Labute approximate surface area is 112 Å². The van der Waals surface area contributed by atoms with Gasteiger partial charge in [0.05, 0.1) is 18.7 Å². The second-order valence-electron chi connectivity index (χ2n) is 3.52. The number of aliphatic hydroxyl groups excluding tert-OH is 1. The molecule has 90 valence electrons. The van der Waals surface area contributed by atoms with Crippen LogP contribution in [0.5, 0.6) is 0 Å². The lowest BCUT2D eigenvalue weighted by Gasteiger charge is -2.03. The van der Waals surface area contributed by atoms with Crippen LogP contribution in [0.15, 0.2) is 24.4 Å².